The molecule has 0 saturated carbocycles. The predicted molar refractivity (Wildman–Crippen MR) is 75.5 cm³/mol. The summed E-state index contributed by atoms with van der Waals surface area (Å²) in [7, 11) is 0. The maximum absolute atomic E-state index is 6.05. The third-order valence-corrected chi connectivity index (χ3v) is 3.29. The molecular weight excluding hydrogens is 302 g/mol. The molecule has 0 fully saturated rings. The molecule has 0 aliphatic rings. The molecule has 1 aromatic heterocycles. The van der Waals surface area contributed by atoms with Crippen molar-refractivity contribution in [2.75, 3.05) is 0 Å². The molecule has 0 amide bonds. The van der Waals surface area contributed by atoms with Gasteiger partial charge in [-0.3, -0.25) is 0 Å². The summed E-state index contributed by atoms with van der Waals surface area (Å²) in [6.07, 6.45) is 1.78. The molecule has 0 spiro atoms. The van der Waals surface area contributed by atoms with Crippen LogP contribution < -0.4 is 5.32 Å². The Hall–Kier alpha value is -0.510. The predicted octanol–water partition coefficient (Wildman–Crippen LogP) is 4.74. The lowest BCUT2D eigenvalue weighted by atomic mass is 10.1. The van der Waals surface area contributed by atoms with Gasteiger partial charge in [0.2, 0.25) is 0 Å². The summed E-state index contributed by atoms with van der Waals surface area (Å²) in [5.41, 5.74) is 2.05. The normalized spacial score (nSPS) is 12.3. The zero-order valence-electron chi connectivity index (χ0n) is 10.1. The van der Waals surface area contributed by atoms with Gasteiger partial charge in [-0.15, -0.1) is 0 Å². The molecule has 4 heteroatoms. The van der Waals surface area contributed by atoms with E-state index >= 15 is 0 Å². The Morgan fingerprint density at radius 1 is 1.35 bits per heavy atom. The number of benzene rings is 1. The highest BCUT2D eigenvalue weighted by Crippen LogP contribution is 2.31. The lowest BCUT2D eigenvalue weighted by Gasteiger charge is -2.19. The number of nitrogens with one attached hydrogen (secondary N) is 1. The summed E-state index contributed by atoms with van der Waals surface area (Å²) in [5, 5.41) is 5.20. The molecule has 0 bridgehead atoms. The minimum Gasteiger partial charge on any atom is -0.463 e. The first kappa shape index (κ1) is 12.9. The maximum atomic E-state index is 6.05. The number of hydrogen-bond acceptors (Lipinski definition) is 2. The zero-order valence-corrected chi connectivity index (χ0v) is 12.4. The second kappa shape index (κ2) is 4.63. The Labute approximate surface area is 114 Å². The van der Waals surface area contributed by atoms with Crippen molar-refractivity contribution in [2.45, 2.75) is 32.9 Å². The van der Waals surface area contributed by atoms with Crippen molar-refractivity contribution in [2.24, 2.45) is 0 Å². The smallest absolute Gasteiger partial charge is 0.148 e. The summed E-state index contributed by atoms with van der Waals surface area (Å²) in [6.45, 7) is 7.18. The molecule has 1 N–H and O–H groups in total. The topological polar surface area (TPSA) is 25.2 Å². The van der Waals surface area contributed by atoms with Crippen LogP contribution in [0, 0.1) is 0 Å². The molecule has 2 nitrogen and oxygen atoms in total. The van der Waals surface area contributed by atoms with E-state index < -0.39 is 0 Å². The number of fused-ring (bicyclic) bond motifs is 1. The molecule has 2 rings (SSSR count). The van der Waals surface area contributed by atoms with Crippen LogP contribution in [0.15, 0.2) is 27.3 Å². The van der Waals surface area contributed by atoms with Gasteiger partial charge in [-0.05, 0) is 48.8 Å². The fraction of sp³-hybridized carbons (Fsp3) is 0.385. The molecule has 0 saturated heterocycles. The summed E-state index contributed by atoms with van der Waals surface area (Å²) in [5.74, 6) is 0. The Bertz CT molecular complexity index is 542. The van der Waals surface area contributed by atoms with Gasteiger partial charge in [0.05, 0.1) is 10.7 Å². The highest BCUT2D eigenvalue weighted by atomic mass is 79.9. The third-order valence-electron chi connectivity index (χ3n) is 2.48. The summed E-state index contributed by atoms with van der Waals surface area (Å²) in [6, 6.07) is 3.78. The van der Waals surface area contributed by atoms with E-state index in [2.05, 4.69) is 42.0 Å². The lowest BCUT2D eigenvalue weighted by Crippen LogP contribution is -2.34. The Morgan fingerprint density at radius 2 is 2.06 bits per heavy atom. The lowest BCUT2D eigenvalue weighted by molar-refractivity contribution is 0.423. The molecule has 92 valence electrons. The van der Waals surface area contributed by atoms with Crippen LogP contribution in [0.5, 0.6) is 0 Å². The van der Waals surface area contributed by atoms with Gasteiger partial charge in [0, 0.05) is 28.1 Å². The second-order valence-corrected chi connectivity index (χ2v) is 6.42. The van der Waals surface area contributed by atoms with E-state index in [1.165, 1.54) is 0 Å². The SMILES string of the molecule is CC(C)(C)NCc1coc2c(Br)cc(Cl)cc12. The number of rotatable bonds is 2. The van der Waals surface area contributed by atoms with Crippen molar-refractivity contribution in [1.82, 2.24) is 5.32 Å². The van der Waals surface area contributed by atoms with Crippen LogP contribution in [0.1, 0.15) is 26.3 Å². The Kier molecular flexibility index (Phi) is 3.53. The quantitative estimate of drug-likeness (QED) is 0.866. The molecule has 1 aromatic carbocycles. The third kappa shape index (κ3) is 3.03. The van der Waals surface area contributed by atoms with Crippen LogP contribution in [0.4, 0.5) is 0 Å². The molecule has 0 radical (unpaired) electrons. The molecule has 0 aliphatic carbocycles. The van der Waals surface area contributed by atoms with Gasteiger partial charge < -0.3 is 9.73 Å². The highest BCUT2D eigenvalue weighted by Gasteiger charge is 2.13. The Balaban J connectivity index is 2.36. The first-order valence-corrected chi connectivity index (χ1v) is 6.64. The molecule has 0 unspecified atom stereocenters. The van der Waals surface area contributed by atoms with Crippen LogP contribution >= 0.6 is 27.5 Å². The van der Waals surface area contributed by atoms with Gasteiger partial charge in [-0.1, -0.05) is 11.6 Å². The molecule has 0 aliphatic heterocycles. The maximum Gasteiger partial charge on any atom is 0.148 e. The number of furan rings is 1. The summed E-state index contributed by atoms with van der Waals surface area (Å²) < 4.78 is 6.45. The largest absolute Gasteiger partial charge is 0.463 e. The van der Waals surface area contributed by atoms with Gasteiger partial charge in [-0.25, -0.2) is 0 Å². The molecule has 2 aromatic rings. The molecule has 17 heavy (non-hydrogen) atoms. The van der Waals surface area contributed by atoms with Gasteiger partial charge in [0.15, 0.2) is 0 Å². The van der Waals surface area contributed by atoms with Crippen LogP contribution in [-0.2, 0) is 6.54 Å². The molecular formula is C13H15BrClNO. The van der Waals surface area contributed by atoms with Crippen molar-refractivity contribution in [3.63, 3.8) is 0 Å². The van der Waals surface area contributed by atoms with E-state index in [1.54, 1.807) is 6.26 Å². The fourth-order valence-corrected chi connectivity index (χ4v) is 2.51. The van der Waals surface area contributed by atoms with E-state index in [0.29, 0.717) is 5.02 Å². The van der Waals surface area contributed by atoms with Crippen LogP contribution in [0.2, 0.25) is 5.02 Å². The van der Waals surface area contributed by atoms with Crippen LogP contribution in [0.25, 0.3) is 11.0 Å². The van der Waals surface area contributed by atoms with Crippen LogP contribution in [0.3, 0.4) is 0 Å². The zero-order chi connectivity index (χ0) is 12.6. The monoisotopic (exact) mass is 315 g/mol. The summed E-state index contributed by atoms with van der Waals surface area (Å²) in [4.78, 5) is 0. The first-order valence-electron chi connectivity index (χ1n) is 5.47. The minimum atomic E-state index is 0.0827. The summed E-state index contributed by atoms with van der Waals surface area (Å²) >= 11 is 9.50. The number of halogens is 2. The van der Waals surface area contributed by atoms with E-state index in [-0.39, 0.29) is 5.54 Å². The van der Waals surface area contributed by atoms with E-state index in [0.717, 1.165) is 27.6 Å². The van der Waals surface area contributed by atoms with E-state index in [1.807, 2.05) is 12.1 Å². The minimum absolute atomic E-state index is 0.0827. The number of hydrogen-bond donors (Lipinski definition) is 1. The van der Waals surface area contributed by atoms with Gasteiger partial charge >= 0.3 is 0 Å². The van der Waals surface area contributed by atoms with Crippen LogP contribution in [-0.4, -0.2) is 5.54 Å². The first-order chi connectivity index (χ1) is 7.87. The average Bonchev–Trinajstić information content (AvgIpc) is 2.57. The van der Waals surface area contributed by atoms with Crippen molar-refractivity contribution in [1.29, 1.82) is 0 Å². The van der Waals surface area contributed by atoms with Crippen molar-refractivity contribution >= 4 is 38.5 Å². The second-order valence-electron chi connectivity index (χ2n) is 5.13. The van der Waals surface area contributed by atoms with Gasteiger partial charge in [-0.2, -0.15) is 0 Å². The highest BCUT2D eigenvalue weighted by molar-refractivity contribution is 9.10. The molecule has 0 atom stereocenters. The van der Waals surface area contributed by atoms with Gasteiger partial charge in [0.25, 0.3) is 0 Å². The molecule has 1 heterocycles. The van der Waals surface area contributed by atoms with Crippen molar-refractivity contribution < 1.29 is 4.42 Å². The standard InChI is InChI=1S/C13H15BrClNO/c1-13(2,3)16-6-8-7-17-12-10(8)4-9(15)5-11(12)14/h4-5,7,16H,6H2,1-3H3. The van der Waals surface area contributed by atoms with Gasteiger partial charge in [0.1, 0.15) is 5.58 Å². The average molecular weight is 317 g/mol. The Morgan fingerprint density at radius 3 is 2.71 bits per heavy atom. The van der Waals surface area contributed by atoms with Crippen molar-refractivity contribution in [3.05, 3.63) is 33.5 Å². The van der Waals surface area contributed by atoms with E-state index in [9.17, 15) is 0 Å². The van der Waals surface area contributed by atoms with Crippen molar-refractivity contribution in [3.8, 4) is 0 Å². The van der Waals surface area contributed by atoms with E-state index in [4.69, 9.17) is 16.0 Å². The fourth-order valence-electron chi connectivity index (χ4n) is 1.61.